The maximum Gasteiger partial charge on any atom is 0.224 e. The monoisotopic (exact) mass is 464 g/mol. The van der Waals surface area contributed by atoms with Crippen molar-refractivity contribution in [2.45, 2.75) is 32.4 Å². The Morgan fingerprint density at radius 3 is 2.53 bits per heavy atom. The number of aryl methyl sites for hydroxylation is 1. The summed E-state index contributed by atoms with van der Waals surface area (Å²) in [7, 11) is 1.64. The summed E-state index contributed by atoms with van der Waals surface area (Å²) in [6.45, 7) is 4.16. The Bertz CT molecular complexity index is 1130. The van der Waals surface area contributed by atoms with Gasteiger partial charge in [0.2, 0.25) is 5.91 Å². The van der Waals surface area contributed by atoms with Crippen molar-refractivity contribution in [3.63, 3.8) is 0 Å². The van der Waals surface area contributed by atoms with Crippen molar-refractivity contribution in [1.29, 1.82) is 0 Å². The van der Waals surface area contributed by atoms with Crippen LogP contribution in [0, 0.1) is 24.5 Å². The maximum absolute atomic E-state index is 13.9. The number of hydrogen-bond acceptors (Lipinski definition) is 3. The molecule has 4 rings (SSSR count). The first kappa shape index (κ1) is 23.9. The largest absolute Gasteiger partial charge is 0.497 e. The van der Waals surface area contributed by atoms with E-state index >= 15 is 0 Å². The minimum absolute atomic E-state index is 0.0486. The second-order valence-corrected chi connectivity index (χ2v) is 9.03. The van der Waals surface area contributed by atoms with Gasteiger partial charge in [-0.05, 0) is 71.8 Å². The summed E-state index contributed by atoms with van der Waals surface area (Å²) >= 11 is 0. The molecule has 3 aromatic carbocycles. The average Bonchev–Trinajstić information content (AvgIpc) is 2.84. The molecular weight excluding hydrogens is 434 g/mol. The number of nitrogens with one attached hydrogen (secondary N) is 1. The Morgan fingerprint density at radius 2 is 1.82 bits per heavy atom. The lowest BCUT2D eigenvalue weighted by atomic mass is 9.83. The number of carbonyl (C=O) groups is 1. The van der Waals surface area contributed by atoms with Crippen molar-refractivity contribution in [2.75, 3.05) is 20.2 Å². The van der Waals surface area contributed by atoms with E-state index in [1.807, 2.05) is 36.4 Å². The first-order valence-corrected chi connectivity index (χ1v) is 11.5. The summed E-state index contributed by atoms with van der Waals surface area (Å²) in [4.78, 5) is 15.4. The zero-order valence-electron chi connectivity index (χ0n) is 19.6. The van der Waals surface area contributed by atoms with Crippen LogP contribution in [0.25, 0.3) is 0 Å². The number of carbonyl (C=O) groups excluding carboxylic acids is 1. The highest BCUT2D eigenvalue weighted by atomic mass is 19.1. The second-order valence-electron chi connectivity index (χ2n) is 9.03. The van der Waals surface area contributed by atoms with Gasteiger partial charge in [0.15, 0.2) is 0 Å². The summed E-state index contributed by atoms with van der Waals surface area (Å²) < 4.78 is 32.6. The van der Waals surface area contributed by atoms with Crippen LogP contribution < -0.4 is 10.1 Å². The molecule has 1 amide bonds. The predicted molar refractivity (Wildman–Crippen MR) is 129 cm³/mol. The van der Waals surface area contributed by atoms with Gasteiger partial charge < -0.3 is 10.1 Å². The van der Waals surface area contributed by atoms with Crippen molar-refractivity contribution >= 4 is 5.91 Å². The molecule has 1 fully saturated rings. The molecule has 2 atom stereocenters. The van der Waals surface area contributed by atoms with E-state index in [2.05, 4.69) is 10.2 Å². The Balaban J connectivity index is 1.50. The number of likely N-dealkylation sites (tertiary alicyclic amines) is 1. The van der Waals surface area contributed by atoms with Gasteiger partial charge in [-0.15, -0.1) is 0 Å². The molecule has 0 bridgehead atoms. The highest BCUT2D eigenvalue weighted by Crippen LogP contribution is 2.32. The molecule has 1 heterocycles. The molecule has 1 saturated heterocycles. The van der Waals surface area contributed by atoms with Gasteiger partial charge in [0.1, 0.15) is 17.4 Å². The van der Waals surface area contributed by atoms with Gasteiger partial charge in [0.05, 0.1) is 13.0 Å². The van der Waals surface area contributed by atoms with Gasteiger partial charge >= 0.3 is 0 Å². The van der Waals surface area contributed by atoms with Gasteiger partial charge in [-0.25, -0.2) is 8.78 Å². The number of benzene rings is 3. The van der Waals surface area contributed by atoms with Crippen LogP contribution in [-0.2, 0) is 17.9 Å². The van der Waals surface area contributed by atoms with Crippen LogP contribution in [0.15, 0.2) is 66.7 Å². The fourth-order valence-electron chi connectivity index (χ4n) is 4.64. The normalized spacial score (nSPS) is 18.5. The van der Waals surface area contributed by atoms with Crippen molar-refractivity contribution in [3.8, 4) is 5.75 Å². The van der Waals surface area contributed by atoms with E-state index in [1.54, 1.807) is 26.2 Å². The zero-order chi connectivity index (χ0) is 24.1. The minimum atomic E-state index is -0.318. The molecule has 0 spiro atoms. The predicted octanol–water partition coefficient (Wildman–Crippen LogP) is 5.20. The molecule has 1 aliphatic rings. The number of hydrogen-bond donors (Lipinski definition) is 1. The Morgan fingerprint density at radius 1 is 1.03 bits per heavy atom. The fraction of sp³-hybridized carbons (Fsp3) is 0.321. The molecular formula is C28H30F2N2O2. The lowest BCUT2D eigenvalue weighted by Crippen LogP contribution is -2.45. The third kappa shape index (κ3) is 6.00. The van der Waals surface area contributed by atoms with Crippen LogP contribution in [0.3, 0.4) is 0 Å². The third-order valence-corrected chi connectivity index (χ3v) is 6.47. The SMILES string of the molecule is COc1ccc(CN2CC(C(=O)NCc3cccc(F)c3)CC(c3ccc(F)c(C)c3)C2)cc1. The molecule has 178 valence electrons. The second kappa shape index (κ2) is 10.8. The van der Waals surface area contributed by atoms with Crippen molar-refractivity contribution in [3.05, 3.63) is 101 Å². The highest BCUT2D eigenvalue weighted by molar-refractivity contribution is 5.79. The molecule has 34 heavy (non-hydrogen) atoms. The van der Waals surface area contributed by atoms with Crippen LogP contribution >= 0.6 is 0 Å². The smallest absolute Gasteiger partial charge is 0.224 e. The standard InChI is InChI=1S/C28H30F2N2O2/c1-19-12-22(8-11-27(19)30)23-14-24(28(33)31-15-21-4-3-5-25(29)13-21)18-32(17-23)16-20-6-9-26(34-2)10-7-20/h3-13,23-24H,14-18H2,1-2H3,(H,31,33). The molecule has 2 unspecified atom stereocenters. The van der Waals surface area contributed by atoms with E-state index in [0.29, 0.717) is 25.1 Å². The van der Waals surface area contributed by atoms with Crippen LogP contribution in [0.2, 0.25) is 0 Å². The molecule has 0 radical (unpaired) electrons. The number of rotatable bonds is 7. The summed E-state index contributed by atoms with van der Waals surface area (Å²) in [5.41, 5.74) is 3.51. The van der Waals surface area contributed by atoms with E-state index in [9.17, 15) is 13.6 Å². The summed E-state index contributed by atoms with van der Waals surface area (Å²) in [5.74, 6) is 0.0946. The van der Waals surface area contributed by atoms with Crippen LogP contribution in [0.1, 0.15) is 34.6 Å². The van der Waals surface area contributed by atoms with E-state index in [4.69, 9.17) is 4.74 Å². The van der Waals surface area contributed by atoms with Crippen LogP contribution in [0.5, 0.6) is 5.75 Å². The van der Waals surface area contributed by atoms with Crippen molar-refractivity contribution < 1.29 is 18.3 Å². The van der Waals surface area contributed by atoms with Gasteiger partial charge in [-0.1, -0.05) is 36.4 Å². The number of nitrogens with zero attached hydrogens (tertiary/aromatic N) is 1. The van der Waals surface area contributed by atoms with E-state index in [1.165, 1.54) is 18.2 Å². The van der Waals surface area contributed by atoms with E-state index in [0.717, 1.165) is 29.0 Å². The van der Waals surface area contributed by atoms with Crippen LogP contribution in [-0.4, -0.2) is 31.0 Å². The molecule has 0 saturated carbocycles. The average molecular weight is 465 g/mol. The summed E-state index contributed by atoms with van der Waals surface area (Å²) in [5, 5.41) is 2.98. The number of amides is 1. The van der Waals surface area contributed by atoms with E-state index < -0.39 is 0 Å². The Labute approximate surface area is 199 Å². The minimum Gasteiger partial charge on any atom is -0.497 e. The first-order valence-electron chi connectivity index (χ1n) is 11.5. The quantitative estimate of drug-likeness (QED) is 0.522. The summed E-state index contributed by atoms with van der Waals surface area (Å²) in [6.07, 6.45) is 0.680. The van der Waals surface area contributed by atoms with Gasteiger partial charge in [-0.2, -0.15) is 0 Å². The Hall–Kier alpha value is -3.25. The highest BCUT2D eigenvalue weighted by Gasteiger charge is 2.32. The van der Waals surface area contributed by atoms with Crippen molar-refractivity contribution in [1.82, 2.24) is 10.2 Å². The molecule has 4 nitrogen and oxygen atoms in total. The van der Waals surface area contributed by atoms with Crippen molar-refractivity contribution in [2.24, 2.45) is 5.92 Å². The molecule has 0 aliphatic carbocycles. The fourth-order valence-corrected chi connectivity index (χ4v) is 4.64. The van der Waals surface area contributed by atoms with Gasteiger partial charge in [0, 0.05) is 26.2 Å². The number of ether oxygens (including phenoxy) is 1. The lowest BCUT2D eigenvalue weighted by Gasteiger charge is -2.37. The number of methoxy groups -OCH3 is 1. The molecule has 0 aromatic heterocycles. The van der Waals surface area contributed by atoms with Gasteiger partial charge in [-0.3, -0.25) is 9.69 Å². The lowest BCUT2D eigenvalue weighted by molar-refractivity contribution is -0.127. The maximum atomic E-state index is 13.9. The molecule has 6 heteroatoms. The van der Waals surface area contributed by atoms with Crippen LogP contribution in [0.4, 0.5) is 8.78 Å². The molecule has 1 N–H and O–H groups in total. The third-order valence-electron chi connectivity index (χ3n) is 6.47. The van der Waals surface area contributed by atoms with Gasteiger partial charge in [0.25, 0.3) is 0 Å². The topological polar surface area (TPSA) is 41.6 Å². The zero-order valence-corrected chi connectivity index (χ0v) is 19.6. The first-order chi connectivity index (χ1) is 16.4. The number of halogens is 2. The Kier molecular flexibility index (Phi) is 7.58. The summed E-state index contributed by atoms with van der Waals surface area (Å²) in [6, 6.07) is 19.4. The molecule has 1 aliphatic heterocycles. The molecule has 3 aromatic rings. The number of piperidine rings is 1. The van der Waals surface area contributed by atoms with E-state index in [-0.39, 0.29) is 35.9 Å².